The molecule has 2 heterocycles. The summed E-state index contributed by atoms with van der Waals surface area (Å²) in [5.74, 6) is 1.46. The number of carbonyl (C=O) groups excluding carboxylic acids is 1. The molecule has 0 spiro atoms. The highest BCUT2D eigenvalue weighted by molar-refractivity contribution is 5.96. The molecule has 176 valence electrons. The fourth-order valence-electron chi connectivity index (χ4n) is 4.51. The highest BCUT2D eigenvalue weighted by Crippen LogP contribution is 2.32. The maximum Gasteiger partial charge on any atom is 0.251 e. The second-order valence-electron chi connectivity index (χ2n) is 8.71. The molecule has 0 bridgehead atoms. The minimum absolute atomic E-state index is 0.0537. The first-order valence-electron chi connectivity index (χ1n) is 12.1. The lowest BCUT2D eigenvalue weighted by atomic mass is 9.85. The van der Waals surface area contributed by atoms with E-state index >= 15 is 0 Å². The summed E-state index contributed by atoms with van der Waals surface area (Å²) >= 11 is 0. The number of hydrogen-bond donors (Lipinski definition) is 0. The fraction of sp³-hybridized carbons (Fsp3) is 0.536. The Kier molecular flexibility index (Phi) is 9.77. The molecule has 0 radical (unpaired) electrons. The number of hydrogen-bond acceptors (Lipinski definition) is 3. The summed E-state index contributed by atoms with van der Waals surface area (Å²) in [7, 11) is 3.87. The summed E-state index contributed by atoms with van der Waals surface area (Å²) in [5.41, 5.74) is 5.75. The molecule has 32 heavy (non-hydrogen) atoms. The zero-order valence-corrected chi connectivity index (χ0v) is 21.4. The van der Waals surface area contributed by atoms with Crippen molar-refractivity contribution in [3.05, 3.63) is 58.8 Å². The molecule has 0 saturated carbocycles. The molecule has 2 aliphatic rings. The van der Waals surface area contributed by atoms with E-state index in [2.05, 4.69) is 44.1 Å². The number of ether oxygens (including phenoxy) is 1. The van der Waals surface area contributed by atoms with Gasteiger partial charge >= 0.3 is 0 Å². The molecule has 1 aromatic carbocycles. The van der Waals surface area contributed by atoms with Gasteiger partial charge in [-0.25, -0.2) is 0 Å². The molecule has 0 aromatic heterocycles. The maximum absolute atomic E-state index is 13.3. The Morgan fingerprint density at radius 1 is 1.22 bits per heavy atom. The number of aryl methyl sites for hydroxylation is 1. The van der Waals surface area contributed by atoms with Gasteiger partial charge in [-0.05, 0) is 106 Å². The Bertz CT molecular complexity index is 873. The topological polar surface area (TPSA) is 32.8 Å². The van der Waals surface area contributed by atoms with Crippen molar-refractivity contribution in [3.8, 4) is 5.75 Å². The summed E-state index contributed by atoms with van der Waals surface area (Å²) in [6.45, 7) is 14.6. The van der Waals surface area contributed by atoms with Crippen molar-refractivity contribution >= 4 is 11.5 Å². The van der Waals surface area contributed by atoms with E-state index in [1.54, 1.807) is 13.2 Å². The SMILES string of the molecule is CC.CCC1=CC(C2CCN(C)CC2)=CN(C(=O)/C=C(\C)c2ccc(OC)c(C)c2)C1C. The Hall–Kier alpha value is -2.33. The van der Waals surface area contributed by atoms with Crippen molar-refractivity contribution in [2.75, 3.05) is 27.2 Å². The standard InChI is InChI=1S/C26H36N2O2.C2H6/c1-7-21-16-24(22-10-12-27(5)13-11-22)17-28(20(21)4)26(29)15-18(2)23-8-9-25(30-6)19(3)14-23;1-2/h8-9,14-17,20,22H,7,10-13H2,1-6H3;1-2H3/b18-15+;. The number of likely N-dealkylation sites (tertiary alicyclic amines) is 1. The van der Waals surface area contributed by atoms with E-state index < -0.39 is 0 Å². The molecule has 1 saturated heterocycles. The normalized spacial score (nSPS) is 20.2. The zero-order chi connectivity index (χ0) is 23.8. The minimum Gasteiger partial charge on any atom is -0.496 e. The van der Waals surface area contributed by atoms with E-state index in [-0.39, 0.29) is 11.9 Å². The third-order valence-corrected chi connectivity index (χ3v) is 6.64. The largest absolute Gasteiger partial charge is 0.496 e. The highest BCUT2D eigenvalue weighted by atomic mass is 16.5. The second-order valence-corrected chi connectivity index (χ2v) is 8.71. The van der Waals surface area contributed by atoms with Gasteiger partial charge < -0.3 is 14.5 Å². The first kappa shape index (κ1) is 25.9. The molecule has 4 heteroatoms. The van der Waals surface area contributed by atoms with Gasteiger partial charge in [0, 0.05) is 12.3 Å². The number of allylic oxidation sites excluding steroid dienone is 3. The van der Waals surface area contributed by atoms with Crippen LogP contribution < -0.4 is 4.74 Å². The van der Waals surface area contributed by atoms with E-state index in [4.69, 9.17) is 4.74 Å². The average molecular weight is 439 g/mol. The van der Waals surface area contributed by atoms with Gasteiger partial charge in [-0.1, -0.05) is 32.9 Å². The minimum atomic E-state index is 0.0537. The molecule has 1 fully saturated rings. The molecule has 0 aliphatic carbocycles. The number of nitrogens with zero attached hydrogens (tertiary/aromatic N) is 2. The predicted molar refractivity (Wildman–Crippen MR) is 136 cm³/mol. The first-order valence-corrected chi connectivity index (χ1v) is 12.1. The number of carbonyl (C=O) groups is 1. The molecule has 1 amide bonds. The lowest BCUT2D eigenvalue weighted by Crippen LogP contribution is -2.38. The quantitative estimate of drug-likeness (QED) is 0.511. The van der Waals surface area contributed by atoms with Crippen molar-refractivity contribution in [3.63, 3.8) is 0 Å². The molecule has 1 atom stereocenters. The molecular weight excluding hydrogens is 396 g/mol. The van der Waals surface area contributed by atoms with Crippen LogP contribution in [-0.4, -0.2) is 49.0 Å². The van der Waals surface area contributed by atoms with Crippen molar-refractivity contribution in [2.24, 2.45) is 5.92 Å². The summed E-state index contributed by atoms with van der Waals surface area (Å²) in [5, 5.41) is 0. The first-order chi connectivity index (χ1) is 15.3. The van der Waals surface area contributed by atoms with E-state index in [0.717, 1.165) is 54.8 Å². The summed E-state index contributed by atoms with van der Waals surface area (Å²) < 4.78 is 5.36. The predicted octanol–water partition coefficient (Wildman–Crippen LogP) is 6.23. The van der Waals surface area contributed by atoms with Crippen LogP contribution in [0.4, 0.5) is 0 Å². The third kappa shape index (κ3) is 6.13. The van der Waals surface area contributed by atoms with Crippen LogP contribution in [0.2, 0.25) is 0 Å². The van der Waals surface area contributed by atoms with Gasteiger partial charge in [0.25, 0.3) is 5.91 Å². The Balaban J connectivity index is 0.00000176. The molecule has 1 aromatic rings. The zero-order valence-electron chi connectivity index (χ0n) is 21.4. The highest BCUT2D eigenvalue weighted by Gasteiger charge is 2.28. The number of methoxy groups -OCH3 is 1. The number of rotatable bonds is 5. The van der Waals surface area contributed by atoms with Crippen LogP contribution in [0.15, 0.2) is 47.7 Å². The van der Waals surface area contributed by atoms with E-state index in [1.807, 2.05) is 44.7 Å². The van der Waals surface area contributed by atoms with Crippen LogP contribution in [0.3, 0.4) is 0 Å². The van der Waals surface area contributed by atoms with Crippen LogP contribution in [0.5, 0.6) is 5.75 Å². The van der Waals surface area contributed by atoms with Crippen LogP contribution in [0, 0.1) is 12.8 Å². The third-order valence-electron chi connectivity index (χ3n) is 6.64. The maximum atomic E-state index is 13.3. The number of piperidine rings is 1. The second kappa shape index (κ2) is 12.1. The van der Waals surface area contributed by atoms with E-state index in [0.29, 0.717) is 5.92 Å². The lowest BCUT2D eigenvalue weighted by Gasteiger charge is -2.36. The molecular formula is C28H42N2O2. The van der Waals surface area contributed by atoms with Gasteiger partial charge in [0.1, 0.15) is 5.75 Å². The van der Waals surface area contributed by atoms with Crippen LogP contribution in [0.25, 0.3) is 5.57 Å². The lowest BCUT2D eigenvalue weighted by molar-refractivity contribution is -0.124. The molecule has 4 nitrogen and oxygen atoms in total. The van der Waals surface area contributed by atoms with Crippen LogP contribution in [-0.2, 0) is 4.79 Å². The van der Waals surface area contributed by atoms with Gasteiger partial charge in [-0.3, -0.25) is 4.79 Å². The van der Waals surface area contributed by atoms with Crippen molar-refractivity contribution in [1.82, 2.24) is 9.80 Å². The van der Waals surface area contributed by atoms with Gasteiger partial charge in [0.05, 0.1) is 13.2 Å². The van der Waals surface area contributed by atoms with Crippen molar-refractivity contribution in [2.45, 2.75) is 66.8 Å². The fourth-order valence-corrected chi connectivity index (χ4v) is 4.51. The van der Waals surface area contributed by atoms with E-state index in [9.17, 15) is 4.79 Å². The van der Waals surface area contributed by atoms with Gasteiger partial charge in [-0.2, -0.15) is 0 Å². The Morgan fingerprint density at radius 3 is 2.44 bits per heavy atom. The number of benzene rings is 1. The van der Waals surface area contributed by atoms with Crippen LogP contribution >= 0.6 is 0 Å². The molecule has 1 unspecified atom stereocenters. The van der Waals surface area contributed by atoms with Gasteiger partial charge in [-0.15, -0.1) is 0 Å². The average Bonchev–Trinajstić information content (AvgIpc) is 2.81. The van der Waals surface area contributed by atoms with Crippen molar-refractivity contribution in [1.29, 1.82) is 0 Å². The smallest absolute Gasteiger partial charge is 0.251 e. The Labute approximate surface area is 195 Å². The molecule has 0 N–H and O–H groups in total. The van der Waals surface area contributed by atoms with Crippen molar-refractivity contribution < 1.29 is 9.53 Å². The summed E-state index contributed by atoms with van der Waals surface area (Å²) in [6.07, 6.45) is 9.53. The summed E-state index contributed by atoms with van der Waals surface area (Å²) in [4.78, 5) is 17.6. The molecule has 2 aliphatic heterocycles. The monoisotopic (exact) mass is 438 g/mol. The molecule has 3 rings (SSSR count). The van der Waals surface area contributed by atoms with Crippen LogP contribution in [0.1, 0.15) is 65.0 Å². The summed E-state index contributed by atoms with van der Waals surface area (Å²) in [6, 6.07) is 6.15. The van der Waals surface area contributed by atoms with Gasteiger partial charge in [0.15, 0.2) is 0 Å². The Morgan fingerprint density at radius 2 is 1.88 bits per heavy atom. The van der Waals surface area contributed by atoms with Gasteiger partial charge in [0.2, 0.25) is 0 Å². The number of amides is 1. The van der Waals surface area contributed by atoms with E-state index in [1.165, 1.54) is 11.1 Å².